The number of pyridine rings is 1. The molecule has 0 saturated heterocycles. The Bertz CT molecular complexity index is 816. The highest BCUT2D eigenvalue weighted by molar-refractivity contribution is 9.08. The molecule has 0 radical (unpaired) electrons. The highest BCUT2D eigenvalue weighted by Gasteiger charge is 2.19. The molecule has 0 fully saturated rings. The monoisotopic (exact) mass is 347 g/mol. The predicted molar refractivity (Wildman–Crippen MR) is 81.0 cm³/mol. The van der Waals surface area contributed by atoms with E-state index in [1.54, 1.807) is 18.2 Å². The summed E-state index contributed by atoms with van der Waals surface area (Å²) in [6.45, 7) is 0. The molecule has 2 heterocycles. The Kier molecular flexibility index (Phi) is 3.57. The number of fused-ring (bicyclic) bond motifs is 1. The first-order valence-corrected chi connectivity index (χ1v) is 7.26. The van der Waals surface area contributed by atoms with E-state index >= 15 is 0 Å². The van der Waals surface area contributed by atoms with Gasteiger partial charge in [-0.2, -0.15) is 4.98 Å². The standard InChI is InChI=1S/C14H10BrN3O3/c15-9-11-14(16-13-7-3-4-8-17(11)13)21-12-6-2-1-5-10(12)18(19)20/h1-8H,9H2. The molecule has 0 aliphatic rings. The fourth-order valence-corrected chi connectivity index (χ4v) is 2.54. The fraction of sp³-hybridized carbons (Fsp3) is 0.0714. The second-order valence-corrected chi connectivity index (χ2v) is 4.81. The van der Waals surface area contributed by atoms with Crippen molar-refractivity contribution in [1.82, 2.24) is 9.38 Å². The van der Waals surface area contributed by atoms with Crippen molar-refractivity contribution in [1.29, 1.82) is 0 Å². The van der Waals surface area contributed by atoms with Crippen LogP contribution in [0.5, 0.6) is 11.6 Å². The summed E-state index contributed by atoms with van der Waals surface area (Å²) in [5, 5.41) is 11.6. The maximum atomic E-state index is 11.0. The van der Waals surface area contributed by atoms with Crippen molar-refractivity contribution < 1.29 is 9.66 Å². The largest absolute Gasteiger partial charge is 0.430 e. The summed E-state index contributed by atoms with van der Waals surface area (Å²) in [5.74, 6) is 0.528. The molecule has 0 atom stereocenters. The van der Waals surface area contributed by atoms with E-state index in [-0.39, 0.29) is 11.4 Å². The maximum Gasteiger partial charge on any atom is 0.311 e. The molecular formula is C14H10BrN3O3. The maximum absolute atomic E-state index is 11.0. The number of ether oxygens (including phenoxy) is 1. The van der Waals surface area contributed by atoms with E-state index in [9.17, 15) is 10.1 Å². The zero-order valence-electron chi connectivity index (χ0n) is 10.8. The van der Waals surface area contributed by atoms with E-state index in [0.29, 0.717) is 11.2 Å². The molecular weight excluding hydrogens is 338 g/mol. The number of halogens is 1. The van der Waals surface area contributed by atoms with Gasteiger partial charge in [0, 0.05) is 17.6 Å². The third kappa shape index (κ3) is 2.47. The van der Waals surface area contributed by atoms with Gasteiger partial charge in [0.2, 0.25) is 11.6 Å². The number of nitrogens with zero attached hydrogens (tertiary/aromatic N) is 3. The van der Waals surface area contributed by atoms with Crippen LogP contribution in [0.25, 0.3) is 5.65 Å². The van der Waals surface area contributed by atoms with Crippen LogP contribution >= 0.6 is 15.9 Å². The number of hydrogen-bond acceptors (Lipinski definition) is 4. The van der Waals surface area contributed by atoms with Gasteiger partial charge in [0.25, 0.3) is 0 Å². The van der Waals surface area contributed by atoms with Crippen molar-refractivity contribution in [2.24, 2.45) is 0 Å². The summed E-state index contributed by atoms with van der Waals surface area (Å²) in [6.07, 6.45) is 1.87. The quantitative estimate of drug-likeness (QED) is 0.407. The van der Waals surface area contributed by atoms with Crippen molar-refractivity contribution in [2.75, 3.05) is 0 Å². The number of nitro groups is 1. The van der Waals surface area contributed by atoms with E-state index in [1.807, 2.05) is 28.8 Å². The molecule has 0 unspecified atom stereocenters. The topological polar surface area (TPSA) is 69.7 Å². The number of imidazole rings is 1. The Morgan fingerprint density at radius 2 is 2.00 bits per heavy atom. The molecule has 2 aromatic heterocycles. The molecule has 0 N–H and O–H groups in total. The highest BCUT2D eigenvalue weighted by Crippen LogP contribution is 2.33. The SMILES string of the molecule is O=[N+]([O-])c1ccccc1Oc1nc2ccccn2c1CBr. The summed E-state index contributed by atoms with van der Waals surface area (Å²) in [7, 11) is 0. The van der Waals surface area contributed by atoms with Crippen LogP contribution in [-0.4, -0.2) is 14.3 Å². The van der Waals surface area contributed by atoms with Gasteiger partial charge < -0.3 is 4.74 Å². The Morgan fingerprint density at radius 3 is 2.76 bits per heavy atom. The highest BCUT2D eigenvalue weighted by atomic mass is 79.9. The van der Waals surface area contributed by atoms with Crippen molar-refractivity contribution >= 4 is 27.3 Å². The molecule has 21 heavy (non-hydrogen) atoms. The summed E-state index contributed by atoms with van der Waals surface area (Å²) in [5.41, 5.74) is 1.43. The van der Waals surface area contributed by atoms with E-state index in [4.69, 9.17) is 4.74 Å². The van der Waals surface area contributed by atoms with Gasteiger partial charge in [-0.05, 0) is 18.2 Å². The average Bonchev–Trinajstić information content (AvgIpc) is 2.84. The van der Waals surface area contributed by atoms with E-state index < -0.39 is 4.92 Å². The van der Waals surface area contributed by atoms with E-state index in [2.05, 4.69) is 20.9 Å². The number of nitro benzene ring substituents is 1. The minimum Gasteiger partial charge on any atom is -0.430 e. The third-order valence-electron chi connectivity index (χ3n) is 2.99. The van der Waals surface area contributed by atoms with Gasteiger partial charge in [0.1, 0.15) is 5.65 Å². The molecule has 0 amide bonds. The van der Waals surface area contributed by atoms with Crippen LogP contribution in [-0.2, 0) is 5.33 Å². The number of rotatable bonds is 4. The smallest absolute Gasteiger partial charge is 0.311 e. The van der Waals surface area contributed by atoms with Gasteiger partial charge in [-0.1, -0.05) is 34.1 Å². The zero-order valence-corrected chi connectivity index (χ0v) is 12.4. The summed E-state index contributed by atoms with van der Waals surface area (Å²) in [6, 6.07) is 11.8. The normalized spacial score (nSPS) is 10.7. The van der Waals surface area contributed by atoms with Crippen molar-refractivity contribution in [3.05, 3.63) is 64.5 Å². The van der Waals surface area contributed by atoms with Crippen molar-refractivity contribution in [3.63, 3.8) is 0 Å². The lowest BCUT2D eigenvalue weighted by molar-refractivity contribution is -0.385. The first-order chi connectivity index (χ1) is 10.2. The van der Waals surface area contributed by atoms with E-state index in [1.165, 1.54) is 6.07 Å². The van der Waals surface area contributed by atoms with Gasteiger partial charge in [-0.15, -0.1) is 0 Å². The Labute approximate surface area is 128 Å². The van der Waals surface area contributed by atoms with Gasteiger partial charge in [0.05, 0.1) is 10.6 Å². The molecule has 106 valence electrons. The molecule has 1 aromatic carbocycles. The molecule has 6 nitrogen and oxygen atoms in total. The molecule has 3 aromatic rings. The Hall–Kier alpha value is -2.41. The van der Waals surface area contributed by atoms with Gasteiger partial charge in [0.15, 0.2) is 0 Å². The van der Waals surface area contributed by atoms with Crippen LogP contribution in [0.2, 0.25) is 0 Å². The summed E-state index contributed by atoms with van der Waals surface area (Å²) >= 11 is 3.39. The Morgan fingerprint density at radius 1 is 1.24 bits per heavy atom. The number of alkyl halides is 1. The average molecular weight is 348 g/mol. The van der Waals surface area contributed by atoms with Crippen LogP contribution < -0.4 is 4.74 Å². The lowest BCUT2D eigenvalue weighted by Gasteiger charge is -2.04. The first kappa shape index (κ1) is 13.6. The molecule has 0 spiro atoms. The molecule has 3 rings (SSSR count). The number of hydrogen-bond donors (Lipinski definition) is 0. The molecule has 0 aliphatic heterocycles. The lowest BCUT2D eigenvalue weighted by Crippen LogP contribution is -1.95. The summed E-state index contributed by atoms with van der Waals surface area (Å²) < 4.78 is 7.55. The summed E-state index contributed by atoms with van der Waals surface area (Å²) in [4.78, 5) is 14.9. The second-order valence-electron chi connectivity index (χ2n) is 4.25. The zero-order chi connectivity index (χ0) is 14.8. The van der Waals surface area contributed by atoms with E-state index in [0.717, 1.165) is 11.3 Å². The molecule has 0 saturated carbocycles. The molecule has 0 bridgehead atoms. The Balaban J connectivity index is 2.08. The van der Waals surface area contributed by atoms with Gasteiger partial charge >= 0.3 is 5.69 Å². The van der Waals surface area contributed by atoms with Crippen LogP contribution in [0.3, 0.4) is 0 Å². The molecule has 0 aliphatic carbocycles. The number of para-hydroxylation sites is 2. The van der Waals surface area contributed by atoms with Gasteiger partial charge in [-0.3, -0.25) is 14.5 Å². The van der Waals surface area contributed by atoms with Gasteiger partial charge in [-0.25, -0.2) is 0 Å². The van der Waals surface area contributed by atoms with Crippen LogP contribution in [0.1, 0.15) is 5.69 Å². The third-order valence-corrected chi connectivity index (χ3v) is 3.52. The minimum absolute atomic E-state index is 0.0879. The van der Waals surface area contributed by atoms with Crippen LogP contribution in [0.4, 0.5) is 5.69 Å². The van der Waals surface area contributed by atoms with Crippen molar-refractivity contribution in [2.45, 2.75) is 5.33 Å². The fourth-order valence-electron chi connectivity index (χ4n) is 2.03. The minimum atomic E-state index is -0.473. The number of aromatic nitrogens is 2. The van der Waals surface area contributed by atoms with Crippen LogP contribution in [0, 0.1) is 10.1 Å². The van der Waals surface area contributed by atoms with Crippen molar-refractivity contribution in [3.8, 4) is 11.6 Å². The molecule has 7 heteroatoms. The second kappa shape index (κ2) is 5.53. The first-order valence-electron chi connectivity index (χ1n) is 6.14. The predicted octanol–water partition coefficient (Wildman–Crippen LogP) is 3.93. The lowest BCUT2D eigenvalue weighted by atomic mass is 10.3. The van der Waals surface area contributed by atoms with Crippen LogP contribution in [0.15, 0.2) is 48.7 Å². The number of benzene rings is 1.